The summed E-state index contributed by atoms with van der Waals surface area (Å²) in [6, 6.07) is 7.59. The molecule has 21 heavy (non-hydrogen) atoms. The first-order chi connectivity index (χ1) is 10.3. The lowest BCUT2D eigenvalue weighted by Gasteiger charge is -2.33. The van der Waals surface area contributed by atoms with Gasteiger partial charge in [-0.15, -0.1) is 11.3 Å². The maximum atomic E-state index is 12.1. The van der Waals surface area contributed by atoms with Gasteiger partial charge in [0, 0.05) is 19.6 Å². The Morgan fingerprint density at radius 1 is 1.33 bits per heavy atom. The summed E-state index contributed by atoms with van der Waals surface area (Å²) in [5.74, 6) is 0.846. The van der Waals surface area contributed by atoms with Gasteiger partial charge in [-0.25, -0.2) is 0 Å². The largest absolute Gasteiger partial charge is 0.468 e. The number of rotatable bonds is 5. The van der Waals surface area contributed by atoms with Crippen LogP contribution >= 0.6 is 11.3 Å². The van der Waals surface area contributed by atoms with Crippen LogP contribution in [0.25, 0.3) is 0 Å². The summed E-state index contributed by atoms with van der Waals surface area (Å²) in [6.45, 7) is 3.66. The first kappa shape index (κ1) is 14.3. The maximum absolute atomic E-state index is 12.1. The van der Waals surface area contributed by atoms with Crippen molar-refractivity contribution in [1.82, 2.24) is 10.2 Å². The number of carbonyl (C=O) groups is 1. The molecule has 0 radical (unpaired) electrons. The number of carbonyl (C=O) groups excluding carboxylic acids is 1. The van der Waals surface area contributed by atoms with Crippen molar-refractivity contribution in [3.05, 3.63) is 46.5 Å². The average Bonchev–Trinajstić information content (AvgIpc) is 3.22. The summed E-state index contributed by atoms with van der Waals surface area (Å²) in [5.41, 5.74) is 0. The molecule has 112 valence electrons. The molecule has 0 spiro atoms. The van der Waals surface area contributed by atoms with E-state index in [1.165, 1.54) is 11.3 Å². The standard InChI is InChI=1S/C15H18N2O3S/c18-15(14-4-2-10-21-14)16-11-12(13-3-1-7-20-13)17-5-8-19-9-6-17/h1-4,7,10,12H,5-6,8-9,11H2,(H,16,18)/t12-/m0/s1. The first-order valence-corrected chi connectivity index (χ1v) is 7.89. The highest BCUT2D eigenvalue weighted by molar-refractivity contribution is 7.12. The van der Waals surface area contributed by atoms with Crippen LogP contribution in [0.2, 0.25) is 0 Å². The number of thiophene rings is 1. The normalized spacial score (nSPS) is 17.5. The zero-order valence-electron chi connectivity index (χ0n) is 11.7. The lowest BCUT2D eigenvalue weighted by Crippen LogP contribution is -2.43. The van der Waals surface area contributed by atoms with Gasteiger partial charge in [0.1, 0.15) is 5.76 Å². The second-order valence-corrected chi connectivity index (χ2v) is 5.81. The molecule has 3 heterocycles. The molecule has 1 fully saturated rings. The van der Waals surface area contributed by atoms with Gasteiger partial charge in [-0.1, -0.05) is 6.07 Å². The minimum atomic E-state index is -0.0326. The van der Waals surface area contributed by atoms with E-state index in [0.29, 0.717) is 6.54 Å². The van der Waals surface area contributed by atoms with Crippen LogP contribution in [0.4, 0.5) is 0 Å². The fourth-order valence-corrected chi connectivity index (χ4v) is 3.10. The van der Waals surface area contributed by atoms with E-state index >= 15 is 0 Å². The number of nitrogens with zero attached hydrogens (tertiary/aromatic N) is 1. The Morgan fingerprint density at radius 3 is 2.86 bits per heavy atom. The monoisotopic (exact) mass is 306 g/mol. The Bertz CT molecular complexity index is 548. The van der Waals surface area contributed by atoms with Crippen LogP contribution in [0.3, 0.4) is 0 Å². The number of nitrogens with one attached hydrogen (secondary N) is 1. The molecule has 5 nitrogen and oxygen atoms in total. The van der Waals surface area contributed by atoms with E-state index in [1.54, 1.807) is 6.26 Å². The van der Waals surface area contributed by atoms with Crippen molar-refractivity contribution >= 4 is 17.2 Å². The molecule has 0 aromatic carbocycles. The summed E-state index contributed by atoms with van der Waals surface area (Å²) in [6.07, 6.45) is 1.67. The van der Waals surface area contributed by atoms with Crippen LogP contribution in [-0.4, -0.2) is 43.7 Å². The predicted octanol–water partition coefficient (Wildman–Crippen LogP) is 2.14. The second-order valence-electron chi connectivity index (χ2n) is 4.87. The fraction of sp³-hybridized carbons (Fsp3) is 0.400. The van der Waals surface area contributed by atoms with Crippen molar-refractivity contribution < 1.29 is 13.9 Å². The van der Waals surface area contributed by atoms with Crippen LogP contribution in [0, 0.1) is 0 Å². The molecule has 1 N–H and O–H groups in total. The first-order valence-electron chi connectivity index (χ1n) is 7.01. The smallest absolute Gasteiger partial charge is 0.261 e. The van der Waals surface area contributed by atoms with Gasteiger partial charge in [0.2, 0.25) is 0 Å². The van der Waals surface area contributed by atoms with Crippen molar-refractivity contribution in [2.45, 2.75) is 6.04 Å². The molecule has 3 rings (SSSR count). The van der Waals surface area contributed by atoms with Crippen LogP contribution < -0.4 is 5.32 Å². The third-order valence-electron chi connectivity index (χ3n) is 3.56. The van der Waals surface area contributed by atoms with Crippen LogP contribution in [0.1, 0.15) is 21.5 Å². The molecule has 1 aliphatic rings. The summed E-state index contributed by atoms with van der Waals surface area (Å²) in [4.78, 5) is 15.1. The Morgan fingerprint density at radius 2 is 2.19 bits per heavy atom. The van der Waals surface area contributed by atoms with E-state index in [2.05, 4.69) is 10.2 Å². The molecular weight excluding hydrogens is 288 g/mol. The zero-order valence-corrected chi connectivity index (χ0v) is 12.5. The number of hydrogen-bond acceptors (Lipinski definition) is 5. The number of hydrogen-bond donors (Lipinski definition) is 1. The highest BCUT2D eigenvalue weighted by Crippen LogP contribution is 2.22. The lowest BCUT2D eigenvalue weighted by molar-refractivity contribution is 0.0118. The second kappa shape index (κ2) is 6.89. The van der Waals surface area contributed by atoms with E-state index in [0.717, 1.165) is 36.9 Å². The topological polar surface area (TPSA) is 54.7 Å². The Balaban J connectivity index is 1.66. The molecule has 1 atom stereocenters. The Hall–Kier alpha value is -1.63. The van der Waals surface area contributed by atoms with Crippen molar-refractivity contribution in [2.75, 3.05) is 32.8 Å². The van der Waals surface area contributed by atoms with E-state index < -0.39 is 0 Å². The molecule has 1 saturated heterocycles. The summed E-state index contributed by atoms with van der Waals surface area (Å²) in [7, 11) is 0. The van der Waals surface area contributed by atoms with Crippen LogP contribution in [0.5, 0.6) is 0 Å². The van der Waals surface area contributed by atoms with Crippen LogP contribution in [0.15, 0.2) is 40.3 Å². The number of morpholine rings is 1. The van der Waals surface area contributed by atoms with Gasteiger partial charge in [-0.2, -0.15) is 0 Å². The highest BCUT2D eigenvalue weighted by Gasteiger charge is 2.25. The molecule has 0 saturated carbocycles. The van der Waals surface area contributed by atoms with E-state index in [-0.39, 0.29) is 11.9 Å². The quantitative estimate of drug-likeness (QED) is 0.919. The third-order valence-corrected chi connectivity index (χ3v) is 4.43. The van der Waals surface area contributed by atoms with Gasteiger partial charge in [-0.3, -0.25) is 9.69 Å². The highest BCUT2D eigenvalue weighted by atomic mass is 32.1. The molecule has 0 bridgehead atoms. The summed E-state index contributed by atoms with van der Waals surface area (Å²) >= 11 is 1.45. The van der Waals surface area contributed by atoms with Gasteiger partial charge in [-0.05, 0) is 23.6 Å². The molecular formula is C15H18N2O3S. The SMILES string of the molecule is O=C(NC[C@@H](c1ccco1)N1CCOCC1)c1cccs1. The maximum Gasteiger partial charge on any atom is 0.261 e. The number of amides is 1. The molecule has 0 aliphatic carbocycles. The van der Waals surface area contributed by atoms with Gasteiger partial charge in [0.05, 0.1) is 30.4 Å². The van der Waals surface area contributed by atoms with Gasteiger partial charge >= 0.3 is 0 Å². The molecule has 0 unspecified atom stereocenters. The molecule has 2 aromatic heterocycles. The van der Waals surface area contributed by atoms with Gasteiger partial charge in [0.15, 0.2) is 0 Å². The molecule has 6 heteroatoms. The predicted molar refractivity (Wildman–Crippen MR) is 80.5 cm³/mol. The number of ether oxygens (including phenoxy) is 1. The number of furan rings is 1. The van der Waals surface area contributed by atoms with Gasteiger partial charge in [0.25, 0.3) is 5.91 Å². The van der Waals surface area contributed by atoms with E-state index in [1.807, 2.05) is 29.6 Å². The lowest BCUT2D eigenvalue weighted by atomic mass is 10.1. The van der Waals surface area contributed by atoms with E-state index in [9.17, 15) is 4.79 Å². The zero-order chi connectivity index (χ0) is 14.5. The third kappa shape index (κ3) is 3.53. The molecule has 2 aromatic rings. The fourth-order valence-electron chi connectivity index (χ4n) is 2.46. The Kier molecular flexibility index (Phi) is 4.69. The Labute approximate surface area is 127 Å². The van der Waals surface area contributed by atoms with Crippen molar-refractivity contribution in [2.24, 2.45) is 0 Å². The average molecular weight is 306 g/mol. The summed E-state index contributed by atoms with van der Waals surface area (Å²) < 4.78 is 10.9. The van der Waals surface area contributed by atoms with Crippen molar-refractivity contribution in [3.8, 4) is 0 Å². The minimum Gasteiger partial charge on any atom is -0.468 e. The molecule has 1 aliphatic heterocycles. The van der Waals surface area contributed by atoms with Crippen molar-refractivity contribution in [1.29, 1.82) is 0 Å². The summed E-state index contributed by atoms with van der Waals surface area (Å²) in [5, 5.41) is 4.90. The minimum absolute atomic E-state index is 0.0326. The molecule has 1 amide bonds. The van der Waals surface area contributed by atoms with Gasteiger partial charge < -0.3 is 14.5 Å². The van der Waals surface area contributed by atoms with Crippen molar-refractivity contribution in [3.63, 3.8) is 0 Å². The van der Waals surface area contributed by atoms with Crippen LogP contribution in [-0.2, 0) is 4.74 Å². The van der Waals surface area contributed by atoms with E-state index in [4.69, 9.17) is 9.15 Å².